The molecule has 0 atom stereocenters. The summed E-state index contributed by atoms with van der Waals surface area (Å²) in [4.78, 5) is 28.1. The number of rotatable bonds is 6. The number of carbonyl (C=O) groups excluding carboxylic acids is 1. The van der Waals surface area contributed by atoms with E-state index in [-0.39, 0.29) is 36.5 Å². The standard InChI is InChI=1S/C27H23N5O3.Li/c1-17-9-10-19(15-31-24-8-3-2-7-23(24)29-27(31)28)14-21(17)22-11-12-25(33)32(30-22)16-18-5-4-6-20(13-18)26(34)35;/h2-14H,15-16H2,1H3,(H2,28,29)(H,34,35);/q;+1/p-1. The Morgan fingerprint density at radius 2 is 1.72 bits per heavy atom. The number of hydrogen-bond acceptors (Lipinski definition) is 6. The van der Waals surface area contributed by atoms with Crippen LogP contribution in [0, 0.1) is 6.92 Å². The summed E-state index contributed by atoms with van der Waals surface area (Å²) < 4.78 is 3.29. The maximum atomic E-state index is 12.5. The number of para-hydroxylation sites is 2. The Hall–Kier alpha value is -4.12. The van der Waals surface area contributed by atoms with Crippen LogP contribution in [-0.2, 0) is 13.1 Å². The molecule has 0 aliphatic carbocycles. The number of aryl methyl sites for hydroxylation is 1. The fourth-order valence-electron chi connectivity index (χ4n) is 4.16. The molecule has 0 saturated heterocycles. The molecule has 0 unspecified atom stereocenters. The minimum absolute atomic E-state index is 0. The molecule has 5 aromatic rings. The van der Waals surface area contributed by atoms with Gasteiger partial charge < -0.3 is 20.2 Å². The van der Waals surface area contributed by atoms with Crippen molar-refractivity contribution in [2.24, 2.45) is 0 Å². The Bertz CT molecular complexity index is 1640. The minimum Gasteiger partial charge on any atom is -0.545 e. The number of carboxylic acid groups (broad SMARTS) is 1. The van der Waals surface area contributed by atoms with Crippen LogP contribution < -0.4 is 35.3 Å². The molecule has 0 spiro atoms. The molecule has 0 aliphatic rings. The Kier molecular flexibility index (Phi) is 7.11. The zero-order valence-electron chi connectivity index (χ0n) is 20.0. The molecule has 0 fully saturated rings. The predicted molar refractivity (Wildman–Crippen MR) is 132 cm³/mol. The van der Waals surface area contributed by atoms with E-state index >= 15 is 0 Å². The summed E-state index contributed by atoms with van der Waals surface area (Å²) in [5.41, 5.74) is 12.0. The largest absolute Gasteiger partial charge is 1.00 e. The van der Waals surface area contributed by atoms with E-state index in [2.05, 4.69) is 10.1 Å². The smallest absolute Gasteiger partial charge is 0.545 e. The van der Waals surface area contributed by atoms with E-state index in [9.17, 15) is 14.7 Å². The van der Waals surface area contributed by atoms with Crippen molar-refractivity contribution < 1.29 is 28.8 Å². The monoisotopic (exact) mass is 471 g/mol. The first-order valence-electron chi connectivity index (χ1n) is 11.1. The second-order valence-corrected chi connectivity index (χ2v) is 8.40. The number of carbonyl (C=O) groups is 1. The van der Waals surface area contributed by atoms with Gasteiger partial charge in [0.15, 0.2) is 0 Å². The summed E-state index contributed by atoms with van der Waals surface area (Å²) in [5.74, 6) is -0.821. The Morgan fingerprint density at radius 3 is 2.53 bits per heavy atom. The third-order valence-electron chi connectivity index (χ3n) is 5.96. The maximum absolute atomic E-state index is 12.5. The van der Waals surface area contributed by atoms with Crippen molar-refractivity contribution in [3.63, 3.8) is 0 Å². The maximum Gasteiger partial charge on any atom is 1.00 e. The summed E-state index contributed by atoms with van der Waals surface area (Å²) in [6, 6.07) is 23.4. The van der Waals surface area contributed by atoms with Gasteiger partial charge in [-0.3, -0.25) is 4.79 Å². The van der Waals surface area contributed by atoms with Gasteiger partial charge in [-0.1, -0.05) is 42.5 Å². The van der Waals surface area contributed by atoms with Crippen molar-refractivity contribution in [3.05, 3.63) is 111 Å². The van der Waals surface area contributed by atoms with Gasteiger partial charge in [0.1, 0.15) is 0 Å². The molecule has 0 bridgehead atoms. The summed E-state index contributed by atoms with van der Waals surface area (Å²) in [5, 5.41) is 15.8. The van der Waals surface area contributed by atoms with Gasteiger partial charge in [0.05, 0.1) is 35.8 Å². The average molecular weight is 471 g/mol. The molecular formula is C27H22LiN5O3. The molecule has 0 aliphatic heterocycles. The number of nitrogens with two attached hydrogens (primary N) is 1. The number of hydrogen-bond donors (Lipinski definition) is 1. The molecule has 2 aromatic heterocycles. The zero-order valence-corrected chi connectivity index (χ0v) is 20.0. The van der Waals surface area contributed by atoms with Crippen molar-refractivity contribution >= 4 is 23.0 Å². The molecule has 5 rings (SSSR count). The van der Waals surface area contributed by atoms with Crippen molar-refractivity contribution in [2.45, 2.75) is 20.0 Å². The molecule has 3 aromatic carbocycles. The van der Waals surface area contributed by atoms with Gasteiger partial charge in [-0.05, 0) is 59.5 Å². The normalized spacial score (nSPS) is 10.8. The van der Waals surface area contributed by atoms with Gasteiger partial charge in [-0.2, -0.15) is 5.10 Å². The molecule has 0 radical (unpaired) electrons. The second kappa shape index (κ2) is 10.2. The quantitative estimate of drug-likeness (QED) is 0.337. The molecular weight excluding hydrogens is 449 g/mol. The van der Waals surface area contributed by atoms with Crippen LogP contribution in [0.3, 0.4) is 0 Å². The average Bonchev–Trinajstić information content (AvgIpc) is 3.17. The van der Waals surface area contributed by atoms with Crippen LogP contribution in [0.25, 0.3) is 22.3 Å². The molecule has 0 amide bonds. The second-order valence-electron chi connectivity index (χ2n) is 8.40. The topological polar surface area (TPSA) is 119 Å². The van der Waals surface area contributed by atoms with Crippen molar-refractivity contribution in [3.8, 4) is 11.3 Å². The minimum atomic E-state index is -1.26. The molecule has 0 saturated carbocycles. The predicted octanol–water partition coefficient (Wildman–Crippen LogP) is -0.385. The Labute approximate surface area is 219 Å². The first-order valence-corrected chi connectivity index (χ1v) is 11.1. The fraction of sp³-hybridized carbons (Fsp3) is 0.111. The Morgan fingerprint density at radius 1 is 0.944 bits per heavy atom. The molecule has 2 heterocycles. The van der Waals surface area contributed by atoms with E-state index in [1.165, 1.54) is 22.9 Å². The number of aromatic carboxylic acids is 1. The van der Waals surface area contributed by atoms with Gasteiger partial charge in [-0.25, -0.2) is 9.67 Å². The third kappa shape index (κ3) is 4.96. The van der Waals surface area contributed by atoms with E-state index in [0.717, 1.165) is 27.7 Å². The van der Waals surface area contributed by atoms with Crippen LogP contribution in [0.5, 0.6) is 0 Å². The molecule has 174 valence electrons. The van der Waals surface area contributed by atoms with E-state index in [0.29, 0.717) is 23.8 Å². The van der Waals surface area contributed by atoms with Gasteiger partial charge in [0, 0.05) is 11.6 Å². The fourth-order valence-corrected chi connectivity index (χ4v) is 4.16. The number of nitrogen functional groups attached to an aromatic ring is 1. The number of benzene rings is 3. The van der Waals surface area contributed by atoms with Gasteiger partial charge in [0.25, 0.3) is 5.56 Å². The van der Waals surface area contributed by atoms with Crippen LogP contribution in [0.2, 0.25) is 0 Å². The first-order chi connectivity index (χ1) is 16.9. The first kappa shape index (κ1) is 25.0. The van der Waals surface area contributed by atoms with E-state index in [1.807, 2.05) is 54.0 Å². The zero-order chi connectivity index (χ0) is 24.5. The summed E-state index contributed by atoms with van der Waals surface area (Å²) in [6.45, 7) is 2.67. The van der Waals surface area contributed by atoms with Crippen LogP contribution in [0.1, 0.15) is 27.0 Å². The van der Waals surface area contributed by atoms with Crippen LogP contribution in [0.15, 0.2) is 83.7 Å². The van der Waals surface area contributed by atoms with Crippen molar-refractivity contribution in [2.75, 3.05) is 5.73 Å². The van der Waals surface area contributed by atoms with E-state index in [1.54, 1.807) is 18.2 Å². The van der Waals surface area contributed by atoms with Crippen molar-refractivity contribution in [1.82, 2.24) is 19.3 Å². The molecule has 8 nitrogen and oxygen atoms in total. The van der Waals surface area contributed by atoms with Gasteiger partial charge in [0.2, 0.25) is 5.95 Å². The number of aromatic nitrogens is 4. The SMILES string of the molecule is Cc1ccc(Cn2c(N)nc3ccccc32)cc1-c1ccc(=O)n(Cc2cccc(C(=O)[O-])c2)n1.[Li+]. The number of fused-ring (bicyclic) bond motifs is 1. The number of nitrogens with zero attached hydrogens (tertiary/aromatic N) is 4. The van der Waals surface area contributed by atoms with Gasteiger partial charge >= 0.3 is 18.9 Å². The summed E-state index contributed by atoms with van der Waals surface area (Å²) >= 11 is 0. The van der Waals surface area contributed by atoms with Crippen LogP contribution in [0.4, 0.5) is 5.95 Å². The summed E-state index contributed by atoms with van der Waals surface area (Å²) in [7, 11) is 0. The number of anilines is 1. The Balaban J connectivity index is 0.00000304. The van der Waals surface area contributed by atoms with E-state index in [4.69, 9.17) is 5.73 Å². The van der Waals surface area contributed by atoms with E-state index < -0.39 is 5.97 Å². The molecule has 36 heavy (non-hydrogen) atoms. The molecule has 2 N–H and O–H groups in total. The number of imidazole rings is 1. The van der Waals surface area contributed by atoms with Gasteiger partial charge in [-0.15, -0.1) is 0 Å². The third-order valence-corrected chi connectivity index (χ3v) is 5.96. The number of carboxylic acids is 1. The molecule has 9 heteroatoms. The van der Waals surface area contributed by atoms with Crippen LogP contribution in [-0.4, -0.2) is 25.3 Å². The van der Waals surface area contributed by atoms with Crippen molar-refractivity contribution in [1.29, 1.82) is 0 Å². The summed E-state index contributed by atoms with van der Waals surface area (Å²) in [6.07, 6.45) is 0. The van der Waals surface area contributed by atoms with Crippen LogP contribution >= 0.6 is 0 Å².